The predicted molar refractivity (Wildman–Crippen MR) is 111 cm³/mol. The van der Waals surface area contributed by atoms with E-state index in [4.69, 9.17) is 11.2 Å². The normalized spacial score (nSPS) is 13.8. The zero-order valence-corrected chi connectivity index (χ0v) is 16.4. The maximum atomic E-state index is 12.5. The van der Waals surface area contributed by atoms with E-state index in [0.29, 0.717) is 0 Å². The average molecular weight is 391 g/mol. The molecule has 0 spiro atoms. The van der Waals surface area contributed by atoms with Crippen molar-refractivity contribution in [2.24, 2.45) is 0 Å². The van der Waals surface area contributed by atoms with Crippen molar-refractivity contribution in [2.75, 3.05) is 11.7 Å². The molecule has 0 saturated carbocycles. The van der Waals surface area contributed by atoms with Gasteiger partial charge in [-0.3, -0.25) is 0 Å². The summed E-state index contributed by atoms with van der Waals surface area (Å²) in [4.78, 5) is 0. The number of benzene rings is 3. The minimum atomic E-state index is -3.69. The zero-order chi connectivity index (χ0) is 18.0. The van der Waals surface area contributed by atoms with Gasteiger partial charge in [0, 0.05) is 0 Å². The molecule has 3 aromatic rings. The van der Waals surface area contributed by atoms with Crippen molar-refractivity contribution in [3.63, 3.8) is 0 Å². The van der Waals surface area contributed by atoms with Gasteiger partial charge in [0.15, 0.2) is 0 Å². The summed E-state index contributed by atoms with van der Waals surface area (Å²) in [6.45, 7) is 0. The van der Waals surface area contributed by atoms with E-state index < -0.39 is 15.8 Å². The molecule has 130 valence electrons. The van der Waals surface area contributed by atoms with Gasteiger partial charge < -0.3 is 0 Å². The van der Waals surface area contributed by atoms with Crippen LogP contribution >= 0.6 is 17.2 Å². The van der Waals surface area contributed by atoms with Crippen molar-refractivity contribution < 1.29 is 8.42 Å². The molecule has 0 fully saturated rings. The van der Waals surface area contributed by atoms with Gasteiger partial charge >= 0.3 is 154 Å². The van der Waals surface area contributed by atoms with Crippen molar-refractivity contribution in [3.05, 3.63) is 91.0 Å². The summed E-state index contributed by atoms with van der Waals surface area (Å²) in [7, 11) is -3.36. The number of halogens is 1. The Morgan fingerprint density at radius 1 is 0.680 bits per heavy atom. The number of hydrogen-bond acceptors (Lipinski definition) is 2. The fourth-order valence-electron chi connectivity index (χ4n) is 3.33. The Morgan fingerprint density at radius 2 is 0.960 bits per heavy atom. The van der Waals surface area contributed by atoms with Crippen molar-refractivity contribution in [2.45, 2.75) is 0 Å². The van der Waals surface area contributed by atoms with Gasteiger partial charge in [0.2, 0.25) is 0 Å². The van der Waals surface area contributed by atoms with Crippen LogP contribution in [0.3, 0.4) is 0 Å². The molecule has 5 heteroatoms. The molecule has 0 N–H and O–H groups in total. The van der Waals surface area contributed by atoms with Gasteiger partial charge in [0.25, 0.3) is 0 Å². The third-order valence-corrected chi connectivity index (χ3v) is 14.9. The minimum absolute atomic E-state index is 0.113. The number of rotatable bonds is 5. The number of sulfone groups is 1. The summed E-state index contributed by atoms with van der Waals surface area (Å²) in [5.74, 6) is -3.69. The summed E-state index contributed by atoms with van der Waals surface area (Å²) >= 11 is 7.61. The molecule has 0 aromatic heterocycles. The quantitative estimate of drug-likeness (QED) is 0.623. The first-order valence-electron chi connectivity index (χ1n) is 7.92. The van der Waals surface area contributed by atoms with Gasteiger partial charge in [-0.05, 0) is 0 Å². The molecule has 0 saturated heterocycles. The average Bonchev–Trinajstić information content (AvgIpc) is 2.63. The Bertz CT molecular complexity index is 859. The van der Waals surface area contributed by atoms with E-state index >= 15 is 0 Å². The van der Waals surface area contributed by atoms with Crippen LogP contribution in [0.4, 0.5) is 0 Å². The Hall–Kier alpha value is -1.67. The van der Waals surface area contributed by atoms with E-state index in [1.165, 1.54) is 6.26 Å². The molecule has 2 nitrogen and oxygen atoms in total. The standard InChI is InChI=1S/C20H20ClO2PS/c1-25(22,23)17-24(21,18-11-5-2-6-12-18,19-13-7-3-8-14-19)20-15-9-4-10-16-20/h2-16H,17H2,1H3. The Morgan fingerprint density at radius 3 is 1.20 bits per heavy atom. The predicted octanol–water partition coefficient (Wildman–Crippen LogP) is 3.67. The second-order valence-corrected chi connectivity index (χ2v) is 15.3. The van der Waals surface area contributed by atoms with Crippen LogP contribution in [0.1, 0.15) is 0 Å². The molecule has 0 atom stereocenters. The topological polar surface area (TPSA) is 34.1 Å². The van der Waals surface area contributed by atoms with Gasteiger partial charge in [-0.25, -0.2) is 0 Å². The van der Waals surface area contributed by atoms with Crippen LogP contribution in [0.15, 0.2) is 91.0 Å². The summed E-state index contributed by atoms with van der Waals surface area (Å²) in [6, 6.07) is 28.8. The molecule has 0 unspecified atom stereocenters. The first kappa shape index (κ1) is 18.1. The fraction of sp³-hybridized carbons (Fsp3) is 0.100. The van der Waals surface area contributed by atoms with Crippen molar-refractivity contribution in [1.29, 1.82) is 0 Å². The summed E-state index contributed by atoms with van der Waals surface area (Å²) < 4.78 is 25.0. The molecule has 3 rings (SSSR count). The molecule has 0 amide bonds. The Balaban J connectivity index is 2.49. The SMILES string of the molecule is CS(=O)(=O)CP(Cl)(c1ccccc1)(c1ccccc1)c1ccccc1. The molecule has 0 aliphatic rings. The van der Waals surface area contributed by atoms with E-state index in [1.54, 1.807) is 0 Å². The molecule has 3 aromatic carbocycles. The van der Waals surface area contributed by atoms with E-state index in [-0.39, 0.29) is 5.49 Å². The van der Waals surface area contributed by atoms with E-state index in [2.05, 4.69) is 0 Å². The van der Waals surface area contributed by atoms with Crippen LogP contribution in [0, 0.1) is 0 Å². The van der Waals surface area contributed by atoms with Gasteiger partial charge in [-0.2, -0.15) is 0 Å². The van der Waals surface area contributed by atoms with Crippen LogP contribution in [-0.2, 0) is 9.84 Å². The first-order chi connectivity index (χ1) is 11.8. The van der Waals surface area contributed by atoms with E-state index in [0.717, 1.165) is 15.9 Å². The summed E-state index contributed by atoms with van der Waals surface area (Å²) in [6.07, 6.45) is 1.26. The molecule has 0 bridgehead atoms. The van der Waals surface area contributed by atoms with Crippen LogP contribution in [0.25, 0.3) is 0 Å². The van der Waals surface area contributed by atoms with Gasteiger partial charge in [-0.1, -0.05) is 0 Å². The fourth-order valence-corrected chi connectivity index (χ4v) is 14.5. The number of hydrogen-bond donors (Lipinski definition) is 0. The molecule has 0 aliphatic carbocycles. The molecule has 0 aliphatic heterocycles. The molecular weight excluding hydrogens is 371 g/mol. The zero-order valence-electron chi connectivity index (χ0n) is 13.9. The van der Waals surface area contributed by atoms with Gasteiger partial charge in [-0.15, -0.1) is 0 Å². The third kappa shape index (κ3) is 3.25. The molecular formula is C20H20ClO2PS. The Kier molecular flexibility index (Phi) is 4.76. The summed E-state index contributed by atoms with van der Waals surface area (Å²) in [5, 5.41) is 2.58. The molecule has 0 heterocycles. The first-order valence-corrected chi connectivity index (χ1v) is 13.3. The van der Waals surface area contributed by atoms with E-state index in [1.807, 2.05) is 91.0 Å². The van der Waals surface area contributed by atoms with Crippen LogP contribution in [0.2, 0.25) is 0 Å². The van der Waals surface area contributed by atoms with Crippen molar-refractivity contribution in [3.8, 4) is 0 Å². The third-order valence-electron chi connectivity index (χ3n) is 4.36. The monoisotopic (exact) mass is 390 g/mol. The molecule has 0 radical (unpaired) electrons. The van der Waals surface area contributed by atoms with Crippen LogP contribution < -0.4 is 15.9 Å². The van der Waals surface area contributed by atoms with Gasteiger partial charge in [0.1, 0.15) is 0 Å². The Labute approximate surface area is 154 Å². The van der Waals surface area contributed by atoms with Crippen molar-refractivity contribution in [1.82, 2.24) is 0 Å². The summed E-state index contributed by atoms with van der Waals surface area (Å²) in [5.41, 5.74) is -0.113. The van der Waals surface area contributed by atoms with Crippen LogP contribution in [0.5, 0.6) is 0 Å². The van der Waals surface area contributed by atoms with Crippen molar-refractivity contribution >= 4 is 42.9 Å². The van der Waals surface area contributed by atoms with Crippen LogP contribution in [-0.4, -0.2) is 20.2 Å². The van der Waals surface area contributed by atoms with Gasteiger partial charge in [0.05, 0.1) is 0 Å². The maximum absolute atomic E-state index is 12.5. The van der Waals surface area contributed by atoms with E-state index in [9.17, 15) is 8.42 Å². The second-order valence-electron chi connectivity index (χ2n) is 6.24. The second kappa shape index (κ2) is 6.57. The molecule has 25 heavy (non-hydrogen) atoms.